The molecule has 1 amide bonds. The molecular weight excluding hydrogens is 256 g/mol. The number of hydrazine groups is 1. The molecule has 1 N–H and O–H groups in total. The van der Waals surface area contributed by atoms with E-state index in [9.17, 15) is 9.59 Å². The number of carbonyl (C=O) groups is 1. The van der Waals surface area contributed by atoms with Gasteiger partial charge in [-0.1, -0.05) is 11.6 Å². The number of hydrogen-bond acceptors (Lipinski definition) is 4. The van der Waals surface area contributed by atoms with Gasteiger partial charge in [-0.25, -0.2) is 5.01 Å². The van der Waals surface area contributed by atoms with Crippen LogP contribution in [0.4, 0.5) is 0 Å². The quantitative estimate of drug-likeness (QED) is 0.840. The Morgan fingerprint density at radius 2 is 2.06 bits per heavy atom. The molecule has 0 saturated carbocycles. The lowest BCUT2D eigenvalue weighted by Gasteiger charge is -2.11. The number of halogens is 1. The van der Waals surface area contributed by atoms with E-state index in [1.165, 1.54) is 11.1 Å². The van der Waals surface area contributed by atoms with Crippen molar-refractivity contribution in [2.24, 2.45) is 0 Å². The van der Waals surface area contributed by atoms with E-state index >= 15 is 0 Å². The van der Waals surface area contributed by atoms with Crippen LogP contribution in [0.3, 0.4) is 0 Å². The van der Waals surface area contributed by atoms with Crippen LogP contribution >= 0.6 is 11.6 Å². The lowest BCUT2D eigenvalue weighted by molar-refractivity contribution is 0.0828. The standard InChI is InChI=1S/C12H11ClN2O3/c1-15(2)14-12(17)11-6-9(16)8-5-7(13)3-4-10(8)18-11/h3-6H,1-2H3,(H,14,17). The molecule has 94 valence electrons. The van der Waals surface area contributed by atoms with E-state index in [-0.39, 0.29) is 11.2 Å². The summed E-state index contributed by atoms with van der Waals surface area (Å²) in [5.41, 5.74) is 2.52. The van der Waals surface area contributed by atoms with Crippen LogP contribution in [0, 0.1) is 0 Å². The first-order valence-electron chi connectivity index (χ1n) is 5.19. The molecule has 2 rings (SSSR count). The molecule has 0 saturated heterocycles. The fraction of sp³-hybridized carbons (Fsp3) is 0.167. The summed E-state index contributed by atoms with van der Waals surface area (Å²) in [6.45, 7) is 0. The molecule has 0 atom stereocenters. The number of amides is 1. The number of carbonyl (C=O) groups excluding carboxylic acids is 1. The van der Waals surface area contributed by atoms with Gasteiger partial charge in [0, 0.05) is 25.2 Å². The van der Waals surface area contributed by atoms with Crippen molar-refractivity contribution < 1.29 is 9.21 Å². The van der Waals surface area contributed by atoms with Gasteiger partial charge in [-0.05, 0) is 18.2 Å². The second kappa shape index (κ2) is 4.80. The van der Waals surface area contributed by atoms with Crippen LogP contribution in [0.5, 0.6) is 0 Å². The van der Waals surface area contributed by atoms with Gasteiger partial charge in [0.05, 0.1) is 5.39 Å². The summed E-state index contributed by atoms with van der Waals surface area (Å²) in [6, 6.07) is 5.82. The maximum absolute atomic E-state index is 11.8. The molecule has 0 unspecified atom stereocenters. The molecule has 0 spiro atoms. The van der Waals surface area contributed by atoms with Crippen molar-refractivity contribution in [3.8, 4) is 0 Å². The fourth-order valence-electron chi connectivity index (χ4n) is 1.50. The summed E-state index contributed by atoms with van der Waals surface area (Å²) in [4.78, 5) is 23.5. The highest BCUT2D eigenvalue weighted by molar-refractivity contribution is 6.31. The van der Waals surface area contributed by atoms with E-state index < -0.39 is 5.91 Å². The lowest BCUT2D eigenvalue weighted by atomic mass is 10.2. The smallest absolute Gasteiger partial charge is 0.301 e. The Bertz CT molecular complexity index is 664. The predicted molar refractivity (Wildman–Crippen MR) is 68.6 cm³/mol. The van der Waals surface area contributed by atoms with Gasteiger partial charge < -0.3 is 4.42 Å². The fourth-order valence-corrected chi connectivity index (χ4v) is 1.67. The molecule has 1 aromatic heterocycles. The van der Waals surface area contributed by atoms with Crippen molar-refractivity contribution in [2.75, 3.05) is 14.1 Å². The van der Waals surface area contributed by atoms with Gasteiger partial charge >= 0.3 is 5.91 Å². The minimum atomic E-state index is -0.478. The third kappa shape index (κ3) is 2.52. The Labute approximate surface area is 108 Å². The minimum absolute atomic E-state index is 0.0384. The average Bonchev–Trinajstić information content (AvgIpc) is 2.29. The van der Waals surface area contributed by atoms with Crippen LogP contribution in [-0.2, 0) is 0 Å². The van der Waals surface area contributed by atoms with Crippen molar-refractivity contribution in [1.29, 1.82) is 0 Å². The molecular formula is C12H11ClN2O3. The molecule has 0 aliphatic rings. The monoisotopic (exact) mass is 266 g/mol. The zero-order valence-electron chi connectivity index (χ0n) is 9.86. The minimum Gasteiger partial charge on any atom is -0.451 e. The van der Waals surface area contributed by atoms with Crippen molar-refractivity contribution in [3.05, 3.63) is 45.3 Å². The van der Waals surface area contributed by atoms with E-state index in [1.54, 1.807) is 26.2 Å². The molecule has 2 aromatic rings. The van der Waals surface area contributed by atoms with Crippen LogP contribution in [0.15, 0.2) is 33.5 Å². The average molecular weight is 267 g/mol. The van der Waals surface area contributed by atoms with Gasteiger partial charge in [-0.3, -0.25) is 15.0 Å². The molecule has 1 aromatic carbocycles. The van der Waals surface area contributed by atoms with Gasteiger partial charge in [-0.2, -0.15) is 0 Å². The Morgan fingerprint density at radius 1 is 1.33 bits per heavy atom. The number of rotatable bonds is 2. The predicted octanol–water partition coefficient (Wildman–Crippen LogP) is 1.65. The largest absolute Gasteiger partial charge is 0.451 e. The molecule has 0 fully saturated rings. The molecule has 5 nitrogen and oxygen atoms in total. The van der Waals surface area contributed by atoms with Gasteiger partial charge in [0.2, 0.25) is 0 Å². The molecule has 1 heterocycles. The number of fused-ring (bicyclic) bond motifs is 1. The van der Waals surface area contributed by atoms with Gasteiger partial charge in [-0.15, -0.1) is 0 Å². The second-order valence-corrected chi connectivity index (χ2v) is 4.39. The summed E-state index contributed by atoms with van der Waals surface area (Å²) in [5, 5.41) is 2.26. The lowest BCUT2D eigenvalue weighted by Crippen LogP contribution is -2.36. The van der Waals surface area contributed by atoms with Gasteiger partial charge in [0.25, 0.3) is 0 Å². The molecule has 0 aliphatic heterocycles. The van der Waals surface area contributed by atoms with E-state index in [0.29, 0.717) is 16.0 Å². The zero-order chi connectivity index (χ0) is 13.3. The first kappa shape index (κ1) is 12.6. The maximum atomic E-state index is 11.8. The van der Waals surface area contributed by atoms with Crippen molar-refractivity contribution in [1.82, 2.24) is 10.4 Å². The summed E-state index contributed by atoms with van der Waals surface area (Å²) < 4.78 is 5.36. The van der Waals surface area contributed by atoms with Crippen LogP contribution in [0.25, 0.3) is 11.0 Å². The Kier molecular flexibility index (Phi) is 3.36. The Hall–Kier alpha value is -1.85. The number of nitrogens with zero attached hydrogens (tertiary/aromatic N) is 1. The van der Waals surface area contributed by atoms with Crippen LogP contribution in [0.1, 0.15) is 10.6 Å². The molecule has 6 heteroatoms. The first-order chi connectivity index (χ1) is 8.47. The van der Waals surface area contributed by atoms with Crippen molar-refractivity contribution in [3.63, 3.8) is 0 Å². The van der Waals surface area contributed by atoms with E-state index in [4.69, 9.17) is 16.0 Å². The molecule has 0 bridgehead atoms. The number of nitrogens with one attached hydrogen (secondary N) is 1. The summed E-state index contributed by atoms with van der Waals surface area (Å²) >= 11 is 5.80. The SMILES string of the molecule is CN(C)NC(=O)c1cc(=O)c2cc(Cl)ccc2o1. The second-order valence-electron chi connectivity index (χ2n) is 3.95. The molecule has 0 aliphatic carbocycles. The van der Waals surface area contributed by atoms with E-state index in [2.05, 4.69) is 5.43 Å². The van der Waals surface area contributed by atoms with Crippen LogP contribution < -0.4 is 10.9 Å². The van der Waals surface area contributed by atoms with Crippen LogP contribution in [0.2, 0.25) is 5.02 Å². The zero-order valence-corrected chi connectivity index (χ0v) is 10.6. The topological polar surface area (TPSA) is 62.6 Å². The van der Waals surface area contributed by atoms with Crippen LogP contribution in [-0.4, -0.2) is 25.0 Å². The third-order valence-electron chi connectivity index (χ3n) is 2.24. The number of hydrogen-bond donors (Lipinski definition) is 1. The summed E-state index contributed by atoms with van der Waals surface area (Å²) in [7, 11) is 3.33. The molecule has 0 radical (unpaired) electrons. The number of benzene rings is 1. The van der Waals surface area contributed by atoms with Crippen molar-refractivity contribution in [2.45, 2.75) is 0 Å². The van der Waals surface area contributed by atoms with E-state index in [1.807, 2.05) is 0 Å². The summed E-state index contributed by atoms with van der Waals surface area (Å²) in [6.07, 6.45) is 0. The Morgan fingerprint density at radius 3 is 2.72 bits per heavy atom. The van der Waals surface area contributed by atoms with Gasteiger partial charge in [0.1, 0.15) is 5.58 Å². The highest BCUT2D eigenvalue weighted by atomic mass is 35.5. The maximum Gasteiger partial charge on any atom is 0.301 e. The molecule has 18 heavy (non-hydrogen) atoms. The van der Waals surface area contributed by atoms with Crippen molar-refractivity contribution >= 4 is 28.5 Å². The summed E-state index contributed by atoms with van der Waals surface area (Å²) in [5.74, 6) is -0.516. The Balaban J connectivity index is 2.53. The van der Waals surface area contributed by atoms with Gasteiger partial charge in [0.15, 0.2) is 11.2 Å². The third-order valence-corrected chi connectivity index (χ3v) is 2.47. The highest BCUT2D eigenvalue weighted by Crippen LogP contribution is 2.17. The normalized spacial score (nSPS) is 10.9. The van der Waals surface area contributed by atoms with E-state index in [0.717, 1.165) is 6.07 Å². The highest BCUT2D eigenvalue weighted by Gasteiger charge is 2.12. The first-order valence-corrected chi connectivity index (χ1v) is 5.57.